The smallest absolute Gasteiger partial charge is 0.126 e. The van der Waals surface area contributed by atoms with Crippen molar-refractivity contribution in [2.75, 3.05) is 0 Å². The fourth-order valence-corrected chi connectivity index (χ4v) is 1.53. The molecular formula is C9H9ClFN3. The summed E-state index contributed by atoms with van der Waals surface area (Å²) in [6.45, 7) is 1.79. The molecule has 74 valence electrons. The van der Waals surface area contributed by atoms with Gasteiger partial charge in [-0.2, -0.15) is 0 Å². The molecule has 1 atom stereocenters. The Kier molecular flexibility index (Phi) is 2.17. The van der Waals surface area contributed by atoms with Crippen LogP contribution in [0.15, 0.2) is 12.1 Å². The van der Waals surface area contributed by atoms with Crippen molar-refractivity contribution in [3.63, 3.8) is 0 Å². The third-order valence-corrected chi connectivity index (χ3v) is 2.24. The van der Waals surface area contributed by atoms with Crippen LogP contribution < -0.4 is 5.73 Å². The van der Waals surface area contributed by atoms with Crippen molar-refractivity contribution < 1.29 is 4.39 Å². The minimum absolute atomic E-state index is 0.221. The van der Waals surface area contributed by atoms with Crippen LogP contribution in [-0.2, 0) is 0 Å². The lowest BCUT2D eigenvalue weighted by atomic mass is 10.3. The van der Waals surface area contributed by atoms with Crippen LogP contribution in [0.3, 0.4) is 0 Å². The summed E-state index contributed by atoms with van der Waals surface area (Å²) in [6, 6.07) is 2.36. The largest absolute Gasteiger partial charge is 0.341 e. The van der Waals surface area contributed by atoms with Gasteiger partial charge in [0.2, 0.25) is 0 Å². The lowest BCUT2D eigenvalue weighted by Gasteiger charge is -1.96. The highest BCUT2D eigenvalue weighted by atomic mass is 35.5. The first-order chi connectivity index (χ1) is 6.58. The Morgan fingerprint density at radius 1 is 1.57 bits per heavy atom. The highest BCUT2D eigenvalue weighted by molar-refractivity contribution is 6.34. The van der Waals surface area contributed by atoms with Gasteiger partial charge in [0.15, 0.2) is 0 Å². The Hall–Kier alpha value is -1.13. The van der Waals surface area contributed by atoms with Crippen LogP contribution in [0.1, 0.15) is 18.8 Å². The van der Waals surface area contributed by atoms with Crippen LogP contribution in [0.2, 0.25) is 5.02 Å². The van der Waals surface area contributed by atoms with E-state index in [4.69, 9.17) is 17.3 Å². The van der Waals surface area contributed by atoms with Crippen molar-refractivity contribution in [3.05, 3.63) is 28.8 Å². The number of H-pyrrole nitrogens is 1. The van der Waals surface area contributed by atoms with Gasteiger partial charge in [-0.05, 0) is 19.1 Å². The molecule has 0 aliphatic heterocycles. The monoisotopic (exact) mass is 213 g/mol. The van der Waals surface area contributed by atoms with Crippen molar-refractivity contribution in [1.82, 2.24) is 9.97 Å². The molecule has 1 heterocycles. The van der Waals surface area contributed by atoms with E-state index in [0.29, 0.717) is 21.9 Å². The van der Waals surface area contributed by atoms with Crippen LogP contribution in [0, 0.1) is 5.82 Å². The summed E-state index contributed by atoms with van der Waals surface area (Å²) in [5.41, 5.74) is 6.76. The quantitative estimate of drug-likeness (QED) is 0.764. The van der Waals surface area contributed by atoms with E-state index in [-0.39, 0.29) is 11.9 Å². The second kappa shape index (κ2) is 3.22. The van der Waals surface area contributed by atoms with Crippen molar-refractivity contribution in [3.8, 4) is 0 Å². The summed E-state index contributed by atoms with van der Waals surface area (Å²) in [5, 5.41) is 0.295. The van der Waals surface area contributed by atoms with E-state index in [2.05, 4.69) is 9.97 Å². The first kappa shape index (κ1) is 9.43. The van der Waals surface area contributed by atoms with Gasteiger partial charge in [-0.1, -0.05) is 11.6 Å². The normalized spacial score (nSPS) is 13.4. The molecular weight excluding hydrogens is 205 g/mol. The number of hydrogen-bond donors (Lipinski definition) is 2. The van der Waals surface area contributed by atoms with Crippen LogP contribution in [0.4, 0.5) is 4.39 Å². The van der Waals surface area contributed by atoms with Gasteiger partial charge in [0.1, 0.15) is 17.2 Å². The molecule has 0 radical (unpaired) electrons. The number of aromatic amines is 1. The number of nitrogens with one attached hydrogen (secondary N) is 1. The Morgan fingerprint density at radius 3 is 2.93 bits per heavy atom. The predicted octanol–water partition coefficient (Wildman–Crippen LogP) is 2.38. The van der Waals surface area contributed by atoms with E-state index < -0.39 is 0 Å². The number of rotatable bonds is 1. The molecule has 0 saturated heterocycles. The Bertz CT molecular complexity index is 478. The molecule has 0 bridgehead atoms. The van der Waals surface area contributed by atoms with Gasteiger partial charge in [0, 0.05) is 0 Å². The number of hydrogen-bond acceptors (Lipinski definition) is 2. The highest BCUT2D eigenvalue weighted by Gasteiger charge is 2.10. The van der Waals surface area contributed by atoms with Gasteiger partial charge in [-0.25, -0.2) is 9.37 Å². The molecule has 0 fully saturated rings. The number of fused-ring (bicyclic) bond motifs is 1. The van der Waals surface area contributed by atoms with Gasteiger partial charge in [0.25, 0.3) is 0 Å². The van der Waals surface area contributed by atoms with Crippen molar-refractivity contribution >= 4 is 22.6 Å². The molecule has 5 heteroatoms. The molecule has 1 aromatic heterocycles. The first-order valence-electron chi connectivity index (χ1n) is 4.18. The molecule has 1 aromatic carbocycles. The summed E-state index contributed by atoms with van der Waals surface area (Å²) in [4.78, 5) is 7.09. The zero-order valence-electron chi connectivity index (χ0n) is 7.51. The van der Waals surface area contributed by atoms with Gasteiger partial charge >= 0.3 is 0 Å². The first-order valence-corrected chi connectivity index (χ1v) is 4.56. The zero-order valence-corrected chi connectivity index (χ0v) is 8.27. The molecule has 0 spiro atoms. The second-order valence-corrected chi connectivity index (χ2v) is 3.60. The summed E-state index contributed by atoms with van der Waals surface area (Å²) in [7, 11) is 0. The molecule has 0 amide bonds. The fraction of sp³-hybridized carbons (Fsp3) is 0.222. The molecule has 0 unspecified atom stereocenters. The van der Waals surface area contributed by atoms with Gasteiger partial charge in [0.05, 0.1) is 16.6 Å². The summed E-state index contributed by atoms with van der Waals surface area (Å²) < 4.78 is 12.9. The topological polar surface area (TPSA) is 54.7 Å². The minimum atomic E-state index is -0.387. The van der Waals surface area contributed by atoms with Crippen LogP contribution in [0.25, 0.3) is 11.0 Å². The van der Waals surface area contributed by atoms with E-state index in [1.54, 1.807) is 6.92 Å². The average molecular weight is 214 g/mol. The van der Waals surface area contributed by atoms with E-state index in [1.807, 2.05) is 0 Å². The molecule has 0 saturated carbocycles. The van der Waals surface area contributed by atoms with Crippen LogP contribution in [0.5, 0.6) is 0 Å². The summed E-state index contributed by atoms with van der Waals surface area (Å²) in [6.07, 6.45) is 0. The zero-order chi connectivity index (χ0) is 10.3. The molecule has 2 rings (SSSR count). The van der Waals surface area contributed by atoms with Crippen LogP contribution in [-0.4, -0.2) is 9.97 Å². The Morgan fingerprint density at radius 2 is 2.29 bits per heavy atom. The van der Waals surface area contributed by atoms with Crippen molar-refractivity contribution in [2.45, 2.75) is 13.0 Å². The van der Waals surface area contributed by atoms with E-state index in [9.17, 15) is 4.39 Å². The molecule has 0 aliphatic rings. The highest BCUT2D eigenvalue weighted by Crippen LogP contribution is 2.24. The standard InChI is InChI=1S/C9H9ClFN3/c1-4(12)9-13-7-3-5(11)2-6(10)8(7)14-9/h2-4H,12H2,1H3,(H,13,14)/t4-/m1/s1. The average Bonchev–Trinajstić information content (AvgIpc) is 2.47. The SMILES string of the molecule is C[C@@H](N)c1nc2c(Cl)cc(F)cc2[nH]1. The Labute approximate surface area is 85.1 Å². The van der Waals surface area contributed by atoms with Crippen molar-refractivity contribution in [1.29, 1.82) is 0 Å². The van der Waals surface area contributed by atoms with E-state index in [0.717, 1.165) is 0 Å². The Balaban J connectivity index is 2.70. The van der Waals surface area contributed by atoms with E-state index >= 15 is 0 Å². The number of benzene rings is 1. The maximum absolute atomic E-state index is 12.9. The summed E-state index contributed by atoms with van der Waals surface area (Å²) in [5.74, 6) is 0.217. The number of nitrogens with zero attached hydrogens (tertiary/aromatic N) is 1. The maximum atomic E-state index is 12.9. The maximum Gasteiger partial charge on any atom is 0.126 e. The molecule has 2 aromatic rings. The van der Waals surface area contributed by atoms with Gasteiger partial charge in [-0.15, -0.1) is 0 Å². The number of halogens is 2. The van der Waals surface area contributed by atoms with Crippen molar-refractivity contribution in [2.24, 2.45) is 5.73 Å². The lowest BCUT2D eigenvalue weighted by molar-refractivity contribution is 0.629. The van der Waals surface area contributed by atoms with Crippen LogP contribution >= 0.6 is 11.6 Å². The predicted molar refractivity (Wildman–Crippen MR) is 53.7 cm³/mol. The van der Waals surface area contributed by atoms with Gasteiger partial charge in [-0.3, -0.25) is 0 Å². The lowest BCUT2D eigenvalue weighted by Crippen LogP contribution is -2.06. The number of imidazole rings is 1. The second-order valence-electron chi connectivity index (χ2n) is 3.19. The fourth-order valence-electron chi connectivity index (χ4n) is 1.28. The molecule has 14 heavy (non-hydrogen) atoms. The molecule has 3 nitrogen and oxygen atoms in total. The van der Waals surface area contributed by atoms with Gasteiger partial charge < -0.3 is 10.7 Å². The number of nitrogens with two attached hydrogens (primary N) is 1. The number of aromatic nitrogens is 2. The molecule has 3 N–H and O–H groups in total. The minimum Gasteiger partial charge on any atom is -0.341 e. The third kappa shape index (κ3) is 1.47. The van der Waals surface area contributed by atoms with E-state index in [1.165, 1.54) is 12.1 Å². The third-order valence-electron chi connectivity index (χ3n) is 1.95. The summed E-state index contributed by atoms with van der Waals surface area (Å²) >= 11 is 5.82. The molecule has 0 aliphatic carbocycles.